The summed E-state index contributed by atoms with van der Waals surface area (Å²) in [6.45, 7) is 3.26. The number of rotatable bonds is 0. The van der Waals surface area contributed by atoms with Crippen molar-refractivity contribution in [3.8, 4) is 5.75 Å². The Morgan fingerprint density at radius 2 is 1.68 bits per heavy atom. The zero-order valence-electron chi connectivity index (χ0n) is 10.6. The Morgan fingerprint density at radius 1 is 0.947 bits per heavy atom. The number of cyclic esters (lactones) is 1. The van der Waals surface area contributed by atoms with E-state index >= 15 is 0 Å². The topological polar surface area (TPSA) is 52.6 Å². The molecule has 1 aliphatic rings. The highest BCUT2D eigenvalue weighted by Gasteiger charge is 2.35. The summed E-state index contributed by atoms with van der Waals surface area (Å²) in [5.41, 5.74) is -0.406. The van der Waals surface area contributed by atoms with E-state index in [1.807, 2.05) is 12.1 Å². The normalized spacial score (nSPS) is 16.4. The molecule has 1 aliphatic heterocycles. The van der Waals surface area contributed by atoms with Crippen LogP contribution < -0.4 is 10.2 Å². The van der Waals surface area contributed by atoms with E-state index in [0.717, 1.165) is 5.39 Å². The van der Waals surface area contributed by atoms with Gasteiger partial charge in [0.05, 0.1) is 0 Å². The second-order valence-electron chi connectivity index (χ2n) is 4.88. The van der Waals surface area contributed by atoms with Gasteiger partial charge in [0.2, 0.25) is 11.2 Å². The van der Waals surface area contributed by atoms with Crippen molar-refractivity contribution < 1.29 is 14.3 Å². The average Bonchev–Trinajstić information content (AvgIpc) is 2.46. The first-order valence-corrected chi connectivity index (χ1v) is 5.96. The van der Waals surface area contributed by atoms with Gasteiger partial charge in [0.15, 0.2) is 0 Å². The number of hydrogen-bond acceptors (Lipinski definition) is 4. The van der Waals surface area contributed by atoms with E-state index < -0.39 is 11.8 Å². The van der Waals surface area contributed by atoms with Crippen LogP contribution in [-0.2, 0) is 4.74 Å². The van der Waals surface area contributed by atoms with Gasteiger partial charge in [0.25, 0.3) is 0 Å². The molecule has 0 amide bonds. The molecular formula is C15H12O4. The van der Waals surface area contributed by atoms with E-state index in [2.05, 4.69) is 0 Å². The van der Waals surface area contributed by atoms with E-state index in [-0.39, 0.29) is 16.7 Å². The zero-order chi connectivity index (χ0) is 13.6. The lowest BCUT2D eigenvalue weighted by Crippen LogP contribution is -2.40. The van der Waals surface area contributed by atoms with Crippen LogP contribution in [0.1, 0.15) is 24.2 Å². The Bertz CT molecular complexity index is 747. The van der Waals surface area contributed by atoms with E-state index in [9.17, 15) is 9.59 Å². The van der Waals surface area contributed by atoms with Crippen molar-refractivity contribution in [3.63, 3.8) is 0 Å². The number of carbonyl (C=O) groups is 1. The first-order chi connectivity index (χ1) is 8.98. The Balaban J connectivity index is 2.42. The fraction of sp³-hybridized carbons (Fsp3) is 0.200. The van der Waals surface area contributed by atoms with Crippen molar-refractivity contribution in [1.29, 1.82) is 0 Å². The second-order valence-corrected chi connectivity index (χ2v) is 4.88. The van der Waals surface area contributed by atoms with Gasteiger partial charge in [-0.3, -0.25) is 4.79 Å². The molecule has 0 bridgehead atoms. The summed E-state index contributed by atoms with van der Waals surface area (Å²) in [4.78, 5) is 24.4. The van der Waals surface area contributed by atoms with E-state index in [4.69, 9.17) is 9.47 Å². The summed E-state index contributed by atoms with van der Waals surface area (Å²) < 4.78 is 10.7. The van der Waals surface area contributed by atoms with Crippen molar-refractivity contribution in [3.05, 3.63) is 52.2 Å². The highest BCUT2D eigenvalue weighted by atomic mass is 16.7. The summed E-state index contributed by atoms with van der Waals surface area (Å²) in [7, 11) is 0. The van der Waals surface area contributed by atoms with Gasteiger partial charge >= 0.3 is 5.97 Å². The fourth-order valence-electron chi connectivity index (χ4n) is 2.18. The second kappa shape index (κ2) is 3.82. The standard InChI is InChI=1S/C15H12O4/c1-15(2)18-11-8-7-9-5-3-4-6-10(9)13(16)12(11)14(17)19-15/h3-8H,1-2H3. The van der Waals surface area contributed by atoms with Crippen LogP contribution in [0.15, 0.2) is 41.2 Å². The van der Waals surface area contributed by atoms with Crippen molar-refractivity contribution >= 4 is 16.7 Å². The highest BCUT2D eigenvalue weighted by molar-refractivity contribution is 5.97. The molecule has 0 saturated carbocycles. The van der Waals surface area contributed by atoms with Crippen LogP contribution in [0.2, 0.25) is 0 Å². The SMILES string of the molecule is CC1(C)OC(=O)c2c(ccc3ccccc3c2=O)O1. The third-order valence-corrected chi connectivity index (χ3v) is 2.99. The third kappa shape index (κ3) is 1.85. The molecule has 4 nitrogen and oxygen atoms in total. The van der Waals surface area contributed by atoms with Crippen LogP contribution >= 0.6 is 0 Å². The monoisotopic (exact) mass is 256 g/mol. The molecule has 19 heavy (non-hydrogen) atoms. The number of esters is 1. The number of fused-ring (bicyclic) bond motifs is 2. The minimum absolute atomic E-state index is 0.0412. The summed E-state index contributed by atoms with van der Waals surface area (Å²) in [5, 5.41) is 1.24. The molecule has 0 aliphatic carbocycles. The fourth-order valence-corrected chi connectivity index (χ4v) is 2.18. The first-order valence-electron chi connectivity index (χ1n) is 5.96. The number of carbonyl (C=O) groups excluding carboxylic acids is 1. The molecule has 0 radical (unpaired) electrons. The third-order valence-electron chi connectivity index (χ3n) is 2.99. The maximum absolute atomic E-state index is 12.4. The summed E-state index contributed by atoms with van der Waals surface area (Å²) in [6.07, 6.45) is 0. The van der Waals surface area contributed by atoms with Crippen molar-refractivity contribution in [1.82, 2.24) is 0 Å². The van der Waals surface area contributed by atoms with Crippen molar-refractivity contribution in [2.45, 2.75) is 19.6 Å². The minimum Gasteiger partial charge on any atom is -0.452 e. The van der Waals surface area contributed by atoms with Gasteiger partial charge in [-0.2, -0.15) is 0 Å². The number of benzene rings is 1. The quantitative estimate of drug-likeness (QED) is 0.679. The number of ether oxygens (including phenoxy) is 2. The molecule has 0 saturated heterocycles. The van der Waals surface area contributed by atoms with Crippen LogP contribution in [0, 0.1) is 0 Å². The summed E-state index contributed by atoms with van der Waals surface area (Å²) in [6, 6.07) is 10.5. The largest absolute Gasteiger partial charge is 0.452 e. The average molecular weight is 256 g/mol. The minimum atomic E-state index is -1.06. The molecule has 0 atom stereocenters. The lowest BCUT2D eigenvalue weighted by Gasteiger charge is -2.30. The molecule has 4 heteroatoms. The molecule has 0 unspecified atom stereocenters. The molecule has 0 spiro atoms. The maximum atomic E-state index is 12.4. The predicted molar refractivity (Wildman–Crippen MR) is 70.3 cm³/mol. The van der Waals surface area contributed by atoms with Crippen LogP contribution in [0.3, 0.4) is 0 Å². The van der Waals surface area contributed by atoms with Gasteiger partial charge in [0.1, 0.15) is 11.3 Å². The van der Waals surface area contributed by atoms with E-state index in [0.29, 0.717) is 5.39 Å². The summed E-state index contributed by atoms with van der Waals surface area (Å²) in [5.74, 6) is -1.43. The molecule has 2 aromatic carbocycles. The van der Waals surface area contributed by atoms with E-state index in [1.54, 1.807) is 38.1 Å². The Morgan fingerprint density at radius 3 is 2.47 bits per heavy atom. The molecule has 3 rings (SSSR count). The van der Waals surface area contributed by atoms with Crippen LogP contribution in [0.4, 0.5) is 0 Å². The highest BCUT2D eigenvalue weighted by Crippen LogP contribution is 2.29. The molecule has 96 valence electrons. The number of hydrogen-bond donors (Lipinski definition) is 0. The molecule has 0 N–H and O–H groups in total. The first kappa shape index (κ1) is 11.7. The predicted octanol–water partition coefficient (Wildman–Crippen LogP) is 2.49. The molecule has 0 fully saturated rings. The lowest BCUT2D eigenvalue weighted by atomic mass is 10.1. The lowest BCUT2D eigenvalue weighted by molar-refractivity contribution is -0.127. The van der Waals surface area contributed by atoms with Gasteiger partial charge in [-0.15, -0.1) is 0 Å². The van der Waals surface area contributed by atoms with Crippen molar-refractivity contribution in [2.75, 3.05) is 0 Å². The van der Waals surface area contributed by atoms with Gasteiger partial charge in [-0.05, 0) is 11.5 Å². The molecule has 2 aromatic rings. The van der Waals surface area contributed by atoms with Gasteiger partial charge in [0, 0.05) is 19.2 Å². The molecular weight excluding hydrogens is 244 g/mol. The van der Waals surface area contributed by atoms with Gasteiger partial charge in [-0.1, -0.05) is 30.3 Å². The molecule has 0 aromatic heterocycles. The van der Waals surface area contributed by atoms with E-state index in [1.165, 1.54) is 0 Å². The van der Waals surface area contributed by atoms with Gasteiger partial charge in [-0.25, -0.2) is 4.79 Å². The van der Waals surface area contributed by atoms with Crippen LogP contribution in [-0.4, -0.2) is 11.8 Å². The smallest absolute Gasteiger partial charge is 0.349 e. The maximum Gasteiger partial charge on any atom is 0.349 e. The Labute approximate surface area is 109 Å². The van der Waals surface area contributed by atoms with Crippen LogP contribution in [0.5, 0.6) is 5.75 Å². The van der Waals surface area contributed by atoms with Gasteiger partial charge < -0.3 is 9.47 Å². The van der Waals surface area contributed by atoms with Crippen molar-refractivity contribution in [2.24, 2.45) is 0 Å². The summed E-state index contributed by atoms with van der Waals surface area (Å²) >= 11 is 0. The Hall–Kier alpha value is -2.36. The van der Waals surface area contributed by atoms with Crippen LogP contribution in [0.25, 0.3) is 10.8 Å². The Kier molecular flexibility index (Phi) is 2.35. The zero-order valence-corrected chi connectivity index (χ0v) is 10.6. The molecule has 1 heterocycles.